The topological polar surface area (TPSA) is 84.3 Å². The van der Waals surface area contributed by atoms with E-state index < -0.39 is 23.9 Å². The Labute approximate surface area is 280 Å². The summed E-state index contributed by atoms with van der Waals surface area (Å²) in [6.07, 6.45) is 11.9. The maximum absolute atomic E-state index is 12.7. The number of rotatable bonds is 8. The predicted octanol–water partition coefficient (Wildman–Crippen LogP) is 7.21. The van der Waals surface area contributed by atoms with Crippen LogP contribution >= 0.6 is 11.6 Å². The lowest BCUT2D eigenvalue weighted by atomic mass is 9.62. The lowest BCUT2D eigenvalue weighted by molar-refractivity contribution is -0.109. The molecule has 4 aliphatic rings. The molecule has 4 fully saturated rings. The summed E-state index contributed by atoms with van der Waals surface area (Å²) in [4.78, 5) is 14.6. The summed E-state index contributed by atoms with van der Waals surface area (Å²) in [6, 6.07) is 2.04. The Morgan fingerprint density at radius 3 is 2.52 bits per heavy atom. The van der Waals surface area contributed by atoms with Gasteiger partial charge >= 0.3 is 13.2 Å². The zero-order valence-electron chi connectivity index (χ0n) is 29.0. The number of piperidine rings is 1. The number of fused-ring (bicyclic) bond motifs is 1. The molecule has 3 aliphatic heterocycles. The van der Waals surface area contributed by atoms with Crippen LogP contribution in [0.25, 0.3) is 10.9 Å². The van der Waals surface area contributed by atoms with Gasteiger partial charge in [-0.05, 0) is 135 Å². The number of benzene rings is 1. The van der Waals surface area contributed by atoms with Gasteiger partial charge in [0.1, 0.15) is 5.60 Å². The Kier molecular flexibility index (Phi) is 9.53. The van der Waals surface area contributed by atoms with Crippen LogP contribution < -0.4 is 5.46 Å². The molecule has 1 aromatic heterocycles. The van der Waals surface area contributed by atoms with Crippen molar-refractivity contribution in [3.63, 3.8) is 0 Å². The van der Waals surface area contributed by atoms with E-state index in [1.54, 1.807) is 0 Å². The molecule has 254 valence electrons. The minimum absolute atomic E-state index is 0.0869. The van der Waals surface area contributed by atoms with Crippen LogP contribution in [0.1, 0.15) is 118 Å². The number of halogens is 1. The highest BCUT2D eigenvalue weighted by Crippen LogP contribution is 2.49. The molecule has 1 amide bonds. The molecule has 11 heteroatoms. The second kappa shape index (κ2) is 12.9. The van der Waals surface area contributed by atoms with Crippen molar-refractivity contribution in [3.8, 4) is 0 Å². The highest BCUT2D eigenvalue weighted by atomic mass is 35.5. The standard InChI is InChI=1S/C35H53BClN3O6/c1-32(2,3)44-31(41)39-16-12-15-35(23-39)20-24(21-35)42-17-10-8-13-25-27(37)19-28-26(22-38-40(28)29-14-9-11-18-43-29)30(25)36-45-33(4,5)34(6,7)46-36/h19,22,24,29H,8-18,20-21,23H2,1-7H3. The van der Waals surface area contributed by atoms with Gasteiger partial charge in [-0.15, -0.1) is 0 Å². The van der Waals surface area contributed by atoms with E-state index in [0.717, 1.165) is 106 Å². The lowest BCUT2D eigenvalue weighted by Gasteiger charge is -2.52. The molecule has 4 heterocycles. The number of likely N-dealkylation sites (tertiary alicyclic amines) is 1. The van der Waals surface area contributed by atoms with Crippen molar-refractivity contribution in [3.05, 3.63) is 22.8 Å². The fourth-order valence-corrected chi connectivity index (χ4v) is 7.85. The summed E-state index contributed by atoms with van der Waals surface area (Å²) >= 11 is 7.08. The first-order valence-corrected chi connectivity index (χ1v) is 17.8. The second-order valence-corrected chi connectivity index (χ2v) is 16.5. The van der Waals surface area contributed by atoms with Gasteiger partial charge in [0.2, 0.25) is 0 Å². The molecule has 3 saturated heterocycles. The number of carbonyl (C=O) groups excluding carboxylic acids is 1. The zero-order chi connectivity index (χ0) is 32.9. The molecule has 0 N–H and O–H groups in total. The van der Waals surface area contributed by atoms with Crippen LogP contribution in [0, 0.1) is 5.41 Å². The molecule has 2 aromatic rings. The van der Waals surface area contributed by atoms with Crippen LogP contribution in [0.4, 0.5) is 4.79 Å². The van der Waals surface area contributed by atoms with Crippen LogP contribution in [0.15, 0.2) is 12.3 Å². The molecular formula is C35H53BClN3O6. The van der Waals surface area contributed by atoms with Gasteiger partial charge < -0.3 is 28.4 Å². The van der Waals surface area contributed by atoms with E-state index in [1.165, 1.54) is 0 Å². The highest BCUT2D eigenvalue weighted by Gasteiger charge is 2.53. The van der Waals surface area contributed by atoms with Crippen LogP contribution in [0.3, 0.4) is 0 Å². The number of aromatic nitrogens is 2. The predicted molar refractivity (Wildman–Crippen MR) is 181 cm³/mol. The third-order valence-corrected chi connectivity index (χ3v) is 11.1. The van der Waals surface area contributed by atoms with Gasteiger partial charge in [-0.25, -0.2) is 9.48 Å². The Morgan fingerprint density at radius 1 is 1.11 bits per heavy atom. The average Bonchev–Trinajstić information content (AvgIpc) is 3.47. The van der Waals surface area contributed by atoms with Crippen molar-refractivity contribution >= 4 is 41.2 Å². The van der Waals surface area contributed by atoms with Gasteiger partial charge in [0.25, 0.3) is 0 Å². The summed E-state index contributed by atoms with van der Waals surface area (Å²) in [6.45, 7) is 17.1. The van der Waals surface area contributed by atoms with Gasteiger partial charge in [0.05, 0.1) is 29.0 Å². The average molecular weight is 658 g/mol. The molecule has 1 aliphatic carbocycles. The molecule has 6 rings (SSSR count). The van der Waals surface area contributed by atoms with E-state index in [-0.39, 0.29) is 23.8 Å². The van der Waals surface area contributed by atoms with E-state index in [9.17, 15) is 4.79 Å². The number of nitrogens with zero attached hydrogens (tertiary/aromatic N) is 3. The SMILES string of the molecule is CC(C)(C)OC(=O)N1CCCC2(CC(OCCCCc3c(Cl)cc4c(cnn4C4CCCCO4)c3B3OC(C)(C)C(C)(C)O3)C2)C1. The molecule has 9 nitrogen and oxygen atoms in total. The molecule has 1 atom stereocenters. The van der Waals surface area contributed by atoms with Crippen molar-refractivity contribution < 1.29 is 28.3 Å². The van der Waals surface area contributed by atoms with Gasteiger partial charge in [-0.2, -0.15) is 5.10 Å². The fraction of sp³-hybridized carbons (Fsp3) is 0.771. The molecule has 0 bridgehead atoms. The van der Waals surface area contributed by atoms with Gasteiger partial charge in [0, 0.05) is 36.7 Å². The number of hydrogen-bond donors (Lipinski definition) is 0. The smallest absolute Gasteiger partial charge is 0.444 e. The number of hydrogen-bond acceptors (Lipinski definition) is 7. The monoisotopic (exact) mass is 657 g/mol. The van der Waals surface area contributed by atoms with E-state index in [1.807, 2.05) is 42.6 Å². The Bertz CT molecular complexity index is 1390. The molecule has 46 heavy (non-hydrogen) atoms. The van der Waals surface area contributed by atoms with E-state index in [2.05, 4.69) is 27.7 Å². The number of unbranched alkanes of at least 4 members (excludes halogenated alkanes) is 1. The minimum atomic E-state index is -0.538. The first-order valence-electron chi connectivity index (χ1n) is 17.4. The number of carbonyl (C=O) groups is 1. The number of ether oxygens (including phenoxy) is 3. The summed E-state index contributed by atoms with van der Waals surface area (Å²) in [5, 5.41) is 6.51. The maximum Gasteiger partial charge on any atom is 0.495 e. The molecule has 1 unspecified atom stereocenters. The Morgan fingerprint density at radius 2 is 1.85 bits per heavy atom. The van der Waals surface area contributed by atoms with Crippen LogP contribution in [-0.2, 0) is 29.9 Å². The number of amides is 1. The maximum atomic E-state index is 12.7. The Hall–Kier alpha value is -1.85. The van der Waals surface area contributed by atoms with Gasteiger partial charge in [-0.3, -0.25) is 0 Å². The normalized spacial score (nSPS) is 27.7. The fourth-order valence-electron chi connectivity index (χ4n) is 7.55. The first-order chi connectivity index (χ1) is 21.7. The summed E-state index contributed by atoms with van der Waals surface area (Å²) < 4.78 is 33.2. The van der Waals surface area contributed by atoms with Crippen LogP contribution in [0.5, 0.6) is 0 Å². The molecular weight excluding hydrogens is 605 g/mol. The van der Waals surface area contributed by atoms with Crippen molar-refractivity contribution in [2.24, 2.45) is 5.41 Å². The lowest BCUT2D eigenvalue weighted by Crippen LogP contribution is -2.55. The first kappa shape index (κ1) is 34.0. The molecule has 0 radical (unpaired) electrons. The third kappa shape index (κ3) is 6.98. The largest absolute Gasteiger partial charge is 0.495 e. The zero-order valence-corrected chi connectivity index (χ0v) is 29.7. The summed E-state index contributed by atoms with van der Waals surface area (Å²) in [7, 11) is -0.538. The summed E-state index contributed by atoms with van der Waals surface area (Å²) in [5.74, 6) is 0. The van der Waals surface area contributed by atoms with Crippen LogP contribution in [0.2, 0.25) is 5.02 Å². The minimum Gasteiger partial charge on any atom is -0.444 e. The van der Waals surface area contributed by atoms with Crippen molar-refractivity contribution in [2.45, 2.75) is 142 Å². The van der Waals surface area contributed by atoms with Gasteiger partial charge in [0.15, 0.2) is 6.23 Å². The highest BCUT2D eigenvalue weighted by molar-refractivity contribution is 6.66. The van der Waals surface area contributed by atoms with Gasteiger partial charge in [-0.1, -0.05) is 11.6 Å². The Balaban J connectivity index is 1.08. The molecule has 1 aromatic carbocycles. The molecule has 1 saturated carbocycles. The van der Waals surface area contributed by atoms with E-state index in [0.29, 0.717) is 11.6 Å². The van der Waals surface area contributed by atoms with Crippen molar-refractivity contribution in [2.75, 3.05) is 26.3 Å². The summed E-state index contributed by atoms with van der Waals surface area (Å²) in [5.41, 5.74) is 1.76. The van der Waals surface area contributed by atoms with E-state index in [4.69, 9.17) is 40.2 Å². The van der Waals surface area contributed by atoms with Crippen molar-refractivity contribution in [1.82, 2.24) is 14.7 Å². The third-order valence-electron chi connectivity index (χ3n) is 10.7. The quantitative estimate of drug-likeness (QED) is 0.219. The van der Waals surface area contributed by atoms with E-state index >= 15 is 0 Å². The van der Waals surface area contributed by atoms with Crippen molar-refractivity contribution in [1.29, 1.82) is 0 Å². The second-order valence-electron chi connectivity index (χ2n) is 16.0. The molecule has 1 spiro atoms. The van der Waals surface area contributed by atoms with Crippen LogP contribution in [-0.4, -0.2) is 77.1 Å².